The largest absolute Gasteiger partial charge is 0.330 e. The van der Waals surface area contributed by atoms with Gasteiger partial charge in [-0.15, -0.1) is 0 Å². The minimum atomic E-state index is 0.636. The maximum Gasteiger partial charge on any atom is 0.00414 e. The lowest BCUT2D eigenvalue weighted by Gasteiger charge is -2.22. The van der Waals surface area contributed by atoms with E-state index >= 15 is 0 Å². The zero-order chi connectivity index (χ0) is 10.6. The fourth-order valence-corrected chi connectivity index (χ4v) is 1.88. The predicted octanol–water partition coefficient (Wildman–Crippen LogP) is 2.00. The molecule has 0 aromatic rings. The topological polar surface area (TPSA) is 38.0 Å². The smallest absolute Gasteiger partial charge is 0.00414 e. The highest BCUT2D eigenvalue weighted by Gasteiger charge is 2.23. The first-order chi connectivity index (χ1) is 6.63. The highest BCUT2D eigenvalue weighted by atomic mass is 14.9. The molecule has 0 heterocycles. The monoisotopic (exact) mass is 198 g/mol. The van der Waals surface area contributed by atoms with Crippen LogP contribution in [0, 0.1) is 17.8 Å². The SMILES string of the molecule is CC(CC1CC1)NCC(CN)C(C)C. The molecule has 2 heteroatoms. The molecule has 1 aliphatic carbocycles. The van der Waals surface area contributed by atoms with Gasteiger partial charge in [0.05, 0.1) is 0 Å². The van der Waals surface area contributed by atoms with Crippen LogP contribution in [0.3, 0.4) is 0 Å². The third kappa shape index (κ3) is 4.43. The van der Waals surface area contributed by atoms with Crippen LogP contribution in [0.1, 0.15) is 40.0 Å². The molecule has 14 heavy (non-hydrogen) atoms. The molecule has 0 spiro atoms. The number of hydrogen-bond acceptors (Lipinski definition) is 2. The fourth-order valence-electron chi connectivity index (χ4n) is 1.88. The van der Waals surface area contributed by atoms with E-state index in [0.717, 1.165) is 19.0 Å². The summed E-state index contributed by atoms with van der Waals surface area (Å²) in [5, 5.41) is 3.61. The molecular formula is C12H26N2. The van der Waals surface area contributed by atoms with Gasteiger partial charge in [-0.1, -0.05) is 26.7 Å². The van der Waals surface area contributed by atoms with Gasteiger partial charge < -0.3 is 11.1 Å². The van der Waals surface area contributed by atoms with Crippen LogP contribution < -0.4 is 11.1 Å². The second-order valence-corrected chi connectivity index (χ2v) is 5.23. The van der Waals surface area contributed by atoms with Crippen molar-refractivity contribution in [2.75, 3.05) is 13.1 Å². The lowest BCUT2D eigenvalue weighted by atomic mass is 9.95. The lowest BCUT2D eigenvalue weighted by molar-refractivity contribution is 0.346. The Kier molecular flexibility index (Phi) is 4.90. The summed E-state index contributed by atoms with van der Waals surface area (Å²) >= 11 is 0. The molecule has 2 unspecified atom stereocenters. The van der Waals surface area contributed by atoms with E-state index in [9.17, 15) is 0 Å². The van der Waals surface area contributed by atoms with Crippen LogP contribution in [-0.2, 0) is 0 Å². The number of hydrogen-bond donors (Lipinski definition) is 2. The zero-order valence-electron chi connectivity index (χ0n) is 9.92. The number of nitrogens with one attached hydrogen (secondary N) is 1. The van der Waals surface area contributed by atoms with Crippen LogP contribution in [0.4, 0.5) is 0 Å². The molecule has 0 bridgehead atoms. The first-order valence-electron chi connectivity index (χ1n) is 6.07. The molecule has 0 aromatic carbocycles. The number of nitrogens with two attached hydrogens (primary N) is 1. The molecular weight excluding hydrogens is 172 g/mol. The molecule has 0 radical (unpaired) electrons. The molecule has 3 N–H and O–H groups in total. The van der Waals surface area contributed by atoms with E-state index in [-0.39, 0.29) is 0 Å². The summed E-state index contributed by atoms with van der Waals surface area (Å²) in [7, 11) is 0. The fraction of sp³-hybridized carbons (Fsp3) is 1.00. The first-order valence-corrected chi connectivity index (χ1v) is 6.07. The summed E-state index contributed by atoms with van der Waals surface area (Å²) in [4.78, 5) is 0. The zero-order valence-corrected chi connectivity index (χ0v) is 9.92. The Bertz CT molecular complexity index is 152. The molecule has 0 saturated heterocycles. The van der Waals surface area contributed by atoms with E-state index in [2.05, 4.69) is 26.1 Å². The highest BCUT2D eigenvalue weighted by Crippen LogP contribution is 2.33. The predicted molar refractivity (Wildman–Crippen MR) is 62.2 cm³/mol. The molecule has 84 valence electrons. The molecule has 0 amide bonds. The molecule has 1 rings (SSSR count). The van der Waals surface area contributed by atoms with Crippen molar-refractivity contribution in [1.29, 1.82) is 0 Å². The van der Waals surface area contributed by atoms with Gasteiger partial charge in [-0.25, -0.2) is 0 Å². The van der Waals surface area contributed by atoms with E-state index in [0.29, 0.717) is 17.9 Å². The Morgan fingerprint density at radius 2 is 1.93 bits per heavy atom. The maximum absolute atomic E-state index is 5.73. The van der Waals surface area contributed by atoms with Crippen molar-refractivity contribution in [2.45, 2.75) is 46.1 Å². The van der Waals surface area contributed by atoms with Crippen molar-refractivity contribution in [3.8, 4) is 0 Å². The minimum absolute atomic E-state index is 0.636. The van der Waals surface area contributed by atoms with Crippen LogP contribution in [0.25, 0.3) is 0 Å². The van der Waals surface area contributed by atoms with Gasteiger partial charge in [-0.3, -0.25) is 0 Å². The van der Waals surface area contributed by atoms with E-state index in [1.54, 1.807) is 0 Å². The Morgan fingerprint density at radius 3 is 2.36 bits per heavy atom. The van der Waals surface area contributed by atoms with Gasteiger partial charge in [0.1, 0.15) is 0 Å². The van der Waals surface area contributed by atoms with E-state index < -0.39 is 0 Å². The average Bonchev–Trinajstić information content (AvgIpc) is 2.88. The summed E-state index contributed by atoms with van der Waals surface area (Å²) in [6.07, 6.45) is 4.27. The lowest BCUT2D eigenvalue weighted by Crippen LogP contribution is -2.36. The Hall–Kier alpha value is -0.0800. The van der Waals surface area contributed by atoms with Gasteiger partial charge >= 0.3 is 0 Å². The van der Waals surface area contributed by atoms with Crippen molar-refractivity contribution in [3.05, 3.63) is 0 Å². The summed E-state index contributed by atoms with van der Waals surface area (Å²) in [6.45, 7) is 8.70. The molecule has 2 atom stereocenters. The Labute approximate surface area is 88.6 Å². The van der Waals surface area contributed by atoms with Crippen molar-refractivity contribution in [2.24, 2.45) is 23.5 Å². The van der Waals surface area contributed by atoms with Gasteiger partial charge in [-0.05, 0) is 44.2 Å². The van der Waals surface area contributed by atoms with Crippen LogP contribution in [0.15, 0.2) is 0 Å². The van der Waals surface area contributed by atoms with Crippen LogP contribution in [0.2, 0.25) is 0 Å². The van der Waals surface area contributed by atoms with E-state index in [4.69, 9.17) is 5.73 Å². The highest BCUT2D eigenvalue weighted by molar-refractivity contribution is 4.79. The van der Waals surface area contributed by atoms with Crippen LogP contribution >= 0.6 is 0 Å². The summed E-state index contributed by atoms with van der Waals surface area (Å²) in [5.41, 5.74) is 5.73. The molecule has 1 saturated carbocycles. The summed E-state index contributed by atoms with van der Waals surface area (Å²) < 4.78 is 0. The minimum Gasteiger partial charge on any atom is -0.330 e. The van der Waals surface area contributed by atoms with E-state index in [1.807, 2.05) is 0 Å². The standard InChI is InChI=1S/C12H26N2/c1-9(2)12(7-13)8-14-10(3)6-11-4-5-11/h9-12,14H,4-8,13H2,1-3H3. The van der Waals surface area contributed by atoms with Crippen LogP contribution in [0.5, 0.6) is 0 Å². The summed E-state index contributed by atoms with van der Waals surface area (Å²) in [6, 6.07) is 0.676. The second-order valence-electron chi connectivity index (χ2n) is 5.23. The second kappa shape index (κ2) is 5.72. The van der Waals surface area contributed by atoms with Gasteiger partial charge in [-0.2, -0.15) is 0 Å². The van der Waals surface area contributed by atoms with Gasteiger partial charge in [0.15, 0.2) is 0 Å². The quantitative estimate of drug-likeness (QED) is 0.656. The van der Waals surface area contributed by atoms with Gasteiger partial charge in [0.25, 0.3) is 0 Å². The molecule has 0 aliphatic heterocycles. The Balaban J connectivity index is 2.09. The Morgan fingerprint density at radius 1 is 1.29 bits per heavy atom. The summed E-state index contributed by atoms with van der Waals surface area (Å²) in [5.74, 6) is 2.35. The average molecular weight is 198 g/mol. The van der Waals surface area contributed by atoms with Gasteiger partial charge in [0, 0.05) is 6.04 Å². The molecule has 1 aliphatic rings. The first kappa shape index (κ1) is 12.0. The van der Waals surface area contributed by atoms with Crippen molar-refractivity contribution < 1.29 is 0 Å². The van der Waals surface area contributed by atoms with Crippen molar-refractivity contribution in [3.63, 3.8) is 0 Å². The third-order valence-electron chi connectivity index (χ3n) is 3.36. The van der Waals surface area contributed by atoms with Crippen LogP contribution in [-0.4, -0.2) is 19.1 Å². The number of rotatable bonds is 7. The van der Waals surface area contributed by atoms with E-state index in [1.165, 1.54) is 19.3 Å². The van der Waals surface area contributed by atoms with Crippen molar-refractivity contribution in [1.82, 2.24) is 5.32 Å². The molecule has 0 aromatic heterocycles. The van der Waals surface area contributed by atoms with Crippen molar-refractivity contribution >= 4 is 0 Å². The third-order valence-corrected chi connectivity index (χ3v) is 3.36. The maximum atomic E-state index is 5.73. The normalized spacial score (nSPS) is 21.2. The molecule has 1 fully saturated rings. The van der Waals surface area contributed by atoms with Gasteiger partial charge in [0.2, 0.25) is 0 Å². The molecule has 2 nitrogen and oxygen atoms in total.